The zero-order valence-electron chi connectivity index (χ0n) is 12.0. The molecule has 0 fully saturated rings. The number of ether oxygens (including phenoxy) is 1. The maximum Gasteiger partial charge on any atom is 0.124 e. The van der Waals surface area contributed by atoms with Crippen LogP contribution in [0.2, 0.25) is 0 Å². The molecular formula is C17H19BrO2. The maximum atomic E-state index is 10.5. The molecule has 0 aromatic heterocycles. The summed E-state index contributed by atoms with van der Waals surface area (Å²) < 4.78 is 6.26. The molecule has 0 bridgehead atoms. The number of halogens is 1. The van der Waals surface area contributed by atoms with Crippen molar-refractivity contribution in [3.8, 4) is 5.75 Å². The van der Waals surface area contributed by atoms with Gasteiger partial charge in [-0.1, -0.05) is 45.3 Å². The topological polar surface area (TPSA) is 29.5 Å². The van der Waals surface area contributed by atoms with Gasteiger partial charge in [0.2, 0.25) is 0 Å². The summed E-state index contributed by atoms with van der Waals surface area (Å²) in [5.41, 5.74) is 4.37. The normalized spacial score (nSPS) is 12.2. The highest BCUT2D eigenvalue weighted by atomic mass is 79.9. The first-order valence-corrected chi connectivity index (χ1v) is 7.37. The Kier molecular flexibility index (Phi) is 4.84. The fraction of sp³-hybridized carbons (Fsp3) is 0.294. The van der Waals surface area contributed by atoms with E-state index in [4.69, 9.17) is 4.74 Å². The highest BCUT2D eigenvalue weighted by molar-refractivity contribution is 9.10. The number of methoxy groups -OCH3 is 1. The summed E-state index contributed by atoms with van der Waals surface area (Å²) in [6.07, 6.45) is -0.00125. The van der Waals surface area contributed by atoms with Crippen LogP contribution in [0.25, 0.3) is 0 Å². The van der Waals surface area contributed by atoms with E-state index in [9.17, 15) is 5.11 Å². The van der Waals surface area contributed by atoms with Gasteiger partial charge in [0.15, 0.2) is 0 Å². The Morgan fingerprint density at radius 1 is 1.10 bits per heavy atom. The number of benzene rings is 2. The molecule has 3 heteroatoms. The molecule has 0 saturated carbocycles. The minimum absolute atomic E-state index is 0.579. The summed E-state index contributed by atoms with van der Waals surface area (Å²) in [5.74, 6) is 0.713. The van der Waals surface area contributed by atoms with Crippen LogP contribution in [0.1, 0.15) is 28.4 Å². The molecular weight excluding hydrogens is 316 g/mol. The fourth-order valence-corrected chi connectivity index (χ4v) is 2.86. The molecule has 1 N–H and O–H groups in total. The number of hydrogen-bond acceptors (Lipinski definition) is 2. The van der Waals surface area contributed by atoms with Crippen molar-refractivity contribution in [2.45, 2.75) is 26.4 Å². The predicted molar refractivity (Wildman–Crippen MR) is 85.3 cm³/mol. The molecule has 106 valence electrons. The summed E-state index contributed by atoms with van der Waals surface area (Å²) >= 11 is 3.44. The van der Waals surface area contributed by atoms with E-state index in [1.165, 1.54) is 11.1 Å². The Morgan fingerprint density at radius 2 is 1.75 bits per heavy atom. The molecule has 0 aliphatic heterocycles. The van der Waals surface area contributed by atoms with Crippen LogP contribution in [-0.2, 0) is 6.42 Å². The van der Waals surface area contributed by atoms with E-state index in [2.05, 4.69) is 48.0 Å². The average Bonchev–Trinajstić information content (AvgIpc) is 2.37. The number of rotatable bonds is 4. The van der Waals surface area contributed by atoms with Gasteiger partial charge in [0, 0.05) is 16.5 Å². The van der Waals surface area contributed by atoms with E-state index in [0.29, 0.717) is 12.2 Å². The van der Waals surface area contributed by atoms with Gasteiger partial charge in [-0.3, -0.25) is 0 Å². The number of aliphatic hydroxyl groups is 1. The Hall–Kier alpha value is -1.32. The lowest BCUT2D eigenvalue weighted by atomic mass is 9.98. The average molecular weight is 335 g/mol. The molecule has 2 rings (SSSR count). The molecule has 20 heavy (non-hydrogen) atoms. The molecule has 1 atom stereocenters. The number of hydrogen-bond donors (Lipinski definition) is 1. The molecule has 0 spiro atoms. The minimum Gasteiger partial charge on any atom is -0.496 e. The lowest BCUT2D eigenvalue weighted by molar-refractivity contribution is 0.174. The predicted octanol–water partition coefficient (Wildman–Crippen LogP) is 4.35. The van der Waals surface area contributed by atoms with Crippen LogP contribution < -0.4 is 4.74 Å². The van der Waals surface area contributed by atoms with E-state index in [1.807, 2.05) is 18.2 Å². The highest BCUT2D eigenvalue weighted by Crippen LogP contribution is 2.30. The lowest BCUT2D eigenvalue weighted by Gasteiger charge is -2.16. The molecule has 0 aliphatic carbocycles. The van der Waals surface area contributed by atoms with Crippen molar-refractivity contribution in [2.75, 3.05) is 7.11 Å². The fourth-order valence-electron chi connectivity index (χ4n) is 2.49. The van der Waals surface area contributed by atoms with Crippen molar-refractivity contribution in [3.05, 3.63) is 63.1 Å². The first kappa shape index (κ1) is 15.1. The van der Waals surface area contributed by atoms with Crippen LogP contribution in [0.5, 0.6) is 5.75 Å². The summed E-state index contributed by atoms with van der Waals surface area (Å²) in [6, 6.07) is 12.0. The smallest absolute Gasteiger partial charge is 0.124 e. The summed E-state index contributed by atoms with van der Waals surface area (Å²) in [4.78, 5) is 0. The van der Waals surface area contributed by atoms with Gasteiger partial charge in [0.05, 0.1) is 13.2 Å². The van der Waals surface area contributed by atoms with E-state index in [1.54, 1.807) is 7.11 Å². The summed E-state index contributed by atoms with van der Waals surface area (Å²) in [7, 11) is 1.62. The first-order valence-electron chi connectivity index (χ1n) is 6.58. The van der Waals surface area contributed by atoms with Crippen LogP contribution in [-0.4, -0.2) is 12.2 Å². The molecule has 0 amide bonds. The van der Waals surface area contributed by atoms with Crippen LogP contribution in [0.15, 0.2) is 40.9 Å². The number of aliphatic hydroxyl groups excluding tert-OH is 1. The van der Waals surface area contributed by atoms with Crippen molar-refractivity contribution in [2.24, 2.45) is 0 Å². The molecule has 0 aliphatic rings. The molecule has 2 aromatic carbocycles. The Balaban J connectivity index is 2.27. The molecule has 0 radical (unpaired) electrons. The second kappa shape index (κ2) is 6.42. The molecule has 2 aromatic rings. The van der Waals surface area contributed by atoms with Crippen LogP contribution in [0, 0.1) is 13.8 Å². The van der Waals surface area contributed by atoms with Gasteiger partial charge in [0.1, 0.15) is 5.75 Å². The van der Waals surface area contributed by atoms with Crippen molar-refractivity contribution in [1.82, 2.24) is 0 Å². The van der Waals surface area contributed by atoms with Crippen molar-refractivity contribution < 1.29 is 9.84 Å². The van der Waals surface area contributed by atoms with Crippen molar-refractivity contribution >= 4 is 15.9 Å². The second-order valence-electron chi connectivity index (χ2n) is 5.10. The van der Waals surface area contributed by atoms with Crippen LogP contribution >= 0.6 is 15.9 Å². The first-order chi connectivity index (χ1) is 9.49. The van der Waals surface area contributed by atoms with Crippen LogP contribution in [0.3, 0.4) is 0 Å². The maximum absolute atomic E-state index is 10.5. The third-order valence-corrected chi connectivity index (χ3v) is 3.75. The SMILES string of the molecule is COc1ccc(Br)cc1C(O)Cc1cc(C)cc(C)c1. The monoisotopic (exact) mass is 334 g/mol. The van der Waals surface area contributed by atoms with Gasteiger partial charge >= 0.3 is 0 Å². The van der Waals surface area contributed by atoms with Gasteiger partial charge < -0.3 is 9.84 Å². The standard InChI is InChI=1S/C17H19BrO2/c1-11-6-12(2)8-13(7-11)9-16(19)15-10-14(18)4-5-17(15)20-3/h4-8,10,16,19H,9H2,1-3H3. The Bertz CT molecular complexity index is 588. The van der Waals surface area contributed by atoms with Gasteiger partial charge in [-0.25, -0.2) is 0 Å². The zero-order chi connectivity index (χ0) is 14.7. The van der Waals surface area contributed by atoms with E-state index >= 15 is 0 Å². The molecule has 0 heterocycles. The largest absolute Gasteiger partial charge is 0.496 e. The Labute approximate surface area is 128 Å². The van der Waals surface area contributed by atoms with Gasteiger partial charge in [-0.2, -0.15) is 0 Å². The molecule has 1 unspecified atom stereocenters. The molecule has 0 saturated heterocycles. The molecule has 2 nitrogen and oxygen atoms in total. The van der Waals surface area contributed by atoms with Crippen molar-refractivity contribution in [3.63, 3.8) is 0 Å². The Morgan fingerprint density at radius 3 is 2.35 bits per heavy atom. The lowest BCUT2D eigenvalue weighted by Crippen LogP contribution is -2.04. The van der Waals surface area contributed by atoms with Crippen molar-refractivity contribution in [1.29, 1.82) is 0 Å². The third-order valence-electron chi connectivity index (χ3n) is 3.26. The summed E-state index contributed by atoms with van der Waals surface area (Å²) in [5, 5.41) is 10.5. The van der Waals surface area contributed by atoms with Gasteiger partial charge in [-0.15, -0.1) is 0 Å². The number of aryl methyl sites for hydroxylation is 2. The zero-order valence-corrected chi connectivity index (χ0v) is 13.6. The highest BCUT2D eigenvalue weighted by Gasteiger charge is 2.14. The minimum atomic E-state index is -0.580. The third kappa shape index (κ3) is 3.62. The van der Waals surface area contributed by atoms with Crippen LogP contribution in [0.4, 0.5) is 0 Å². The van der Waals surface area contributed by atoms with E-state index in [0.717, 1.165) is 15.6 Å². The quantitative estimate of drug-likeness (QED) is 0.900. The van der Waals surface area contributed by atoms with E-state index in [-0.39, 0.29) is 0 Å². The summed E-state index contributed by atoms with van der Waals surface area (Å²) in [6.45, 7) is 4.14. The van der Waals surface area contributed by atoms with Gasteiger partial charge in [0.25, 0.3) is 0 Å². The van der Waals surface area contributed by atoms with E-state index < -0.39 is 6.10 Å². The second-order valence-corrected chi connectivity index (χ2v) is 6.02. The van der Waals surface area contributed by atoms with Gasteiger partial charge in [-0.05, 0) is 37.6 Å².